The summed E-state index contributed by atoms with van der Waals surface area (Å²) in [4.78, 5) is 40.0. The summed E-state index contributed by atoms with van der Waals surface area (Å²) in [5.74, 6) is 0.0630. The van der Waals surface area contributed by atoms with Gasteiger partial charge in [-0.3, -0.25) is 14.4 Å². The molecule has 0 atom stereocenters. The lowest BCUT2D eigenvalue weighted by Gasteiger charge is -2.24. The van der Waals surface area contributed by atoms with Crippen molar-refractivity contribution in [2.24, 2.45) is 0 Å². The summed E-state index contributed by atoms with van der Waals surface area (Å²) in [5, 5.41) is 3.14. The molecule has 0 heterocycles. The lowest BCUT2D eigenvalue weighted by atomic mass is 10.0. The number of rotatable bonds is 31. The molecule has 0 saturated carbocycles. The number of nitrogens with one attached hydrogen (secondary N) is 1. The monoisotopic (exact) mass is 640 g/mol. The zero-order chi connectivity index (χ0) is 32.5. The van der Waals surface area contributed by atoms with E-state index in [1.165, 1.54) is 69.5 Å². The van der Waals surface area contributed by atoms with Gasteiger partial charge in [0.25, 0.3) is 5.24 Å². The van der Waals surface area contributed by atoms with Gasteiger partial charge < -0.3 is 19.7 Å². The van der Waals surface area contributed by atoms with Crippen molar-refractivity contribution >= 4 is 28.9 Å². The molecule has 8 heteroatoms. The van der Waals surface area contributed by atoms with Crippen molar-refractivity contribution in [1.82, 2.24) is 10.2 Å². The van der Waals surface area contributed by atoms with Crippen molar-refractivity contribution in [3.63, 3.8) is 0 Å². The maximum absolute atomic E-state index is 13.1. The van der Waals surface area contributed by atoms with Gasteiger partial charge in [-0.2, -0.15) is 0 Å². The standard InChI is InChI=1S/C36H68N2O5S/c1-5-9-12-15-16-19-22-30-42-34(39)27-23-29-38(36(41)44-31-24-28-37-8-4)32-35(40)43-33(25-20-17-13-10-6-2)26-21-18-14-11-7-3/h19,22,33,37H,5-18,20-21,23-32H2,1-4H3/b22-19-. The van der Waals surface area contributed by atoms with E-state index in [1.54, 1.807) is 4.90 Å². The summed E-state index contributed by atoms with van der Waals surface area (Å²) in [6.07, 6.45) is 24.9. The van der Waals surface area contributed by atoms with E-state index in [0.717, 1.165) is 70.9 Å². The van der Waals surface area contributed by atoms with Crippen molar-refractivity contribution < 1.29 is 23.9 Å². The highest BCUT2D eigenvalue weighted by molar-refractivity contribution is 8.13. The van der Waals surface area contributed by atoms with Crippen LogP contribution >= 0.6 is 11.8 Å². The Morgan fingerprint density at radius 3 is 1.95 bits per heavy atom. The Morgan fingerprint density at radius 2 is 1.34 bits per heavy atom. The van der Waals surface area contributed by atoms with Crippen LogP contribution in [0.15, 0.2) is 12.2 Å². The van der Waals surface area contributed by atoms with Crippen molar-refractivity contribution in [3.05, 3.63) is 12.2 Å². The lowest BCUT2D eigenvalue weighted by Crippen LogP contribution is -2.36. The van der Waals surface area contributed by atoms with E-state index >= 15 is 0 Å². The third kappa shape index (κ3) is 28.0. The number of hydrogen-bond acceptors (Lipinski definition) is 7. The predicted molar refractivity (Wildman–Crippen MR) is 187 cm³/mol. The van der Waals surface area contributed by atoms with Crippen LogP contribution in [0.4, 0.5) is 4.79 Å². The van der Waals surface area contributed by atoms with Gasteiger partial charge in [0.2, 0.25) is 0 Å². The zero-order valence-corrected chi connectivity index (χ0v) is 29.8. The van der Waals surface area contributed by atoms with Gasteiger partial charge in [-0.25, -0.2) is 0 Å². The molecule has 0 bridgehead atoms. The highest BCUT2D eigenvalue weighted by atomic mass is 32.2. The maximum atomic E-state index is 13.1. The number of hydrogen-bond donors (Lipinski definition) is 1. The van der Waals surface area contributed by atoms with Gasteiger partial charge in [0.05, 0.1) is 0 Å². The Morgan fingerprint density at radius 1 is 0.727 bits per heavy atom. The fourth-order valence-corrected chi connectivity index (χ4v) is 5.76. The first-order valence-electron chi connectivity index (χ1n) is 18.1. The molecule has 0 aliphatic rings. The Balaban J connectivity index is 4.90. The van der Waals surface area contributed by atoms with Gasteiger partial charge in [-0.05, 0) is 64.5 Å². The van der Waals surface area contributed by atoms with E-state index in [4.69, 9.17) is 9.47 Å². The minimum Gasteiger partial charge on any atom is -0.461 e. The van der Waals surface area contributed by atoms with Crippen molar-refractivity contribution in [1.29, 1.82) is 0 Å². The van der Waals surface area contributed by atoms with Crippen molar-refractivity contribution in [3.8, 4) is 0 Å². The first-order chi connectivity index (χ1) is 21.5. The molecule has 0 spiro atoms. The molecule has 0 saturated heterocycles. The van der Waals surface area contributed by atoms with Crippen molar-refractivity contribution in [2.45, 2.75) is 162 Å². The van der Waals surface area contributed by atoms with E-state index in [-0.39, 0.29) is 42.9 Å². The summed E-state index contributed by atoms with van der Waals surface area (Å²) >= 11 is 1.24. The van der Waals surface area contributed by atoms with Gasteiger partial charge in [0.1, 0.15) is 19.3 Å². The molecule has 0 aliphatic carbocycles. The quantitative estimate of drug-likeness (QED) is 0.0459. The normalized spacial score (nSPS) is 11.4. The SMILES string of the molecule is CCCCCC/C=C\COC(=O)CCCN(CC(=O)OC(CCCCCCC)CCCCCCC)C(=O)SCCCNCC. The molecule has 0 unspecified atom stereocenters. The average Bonchev–Trinajstić information content (AvgIpc) is 3.01. The molecule has 0 radical (unpaired) electrons. The molecule has 0 aliphatic heterocycles. The number of thioether (sulfide) groups is 1. The van der Waals surface area contributed by atoms with Crippen LogP contribution in [0.25, 0.3) is 0 Å². The number of allylic oxidation sites excluding steroid dienone is 1. The van der Waals surface area contributed by atoms with E-state index < -0.39 is 0 Å². The fourth-order valence-electron chi connectivity index (χ4n) is 4.95. The number of nitrogens with zero attached hydrogens (tertiary/aromatic N) is 1. The first kappa shape index (κ1) is 42.5. The molecule has 0 fully saturated rings. The lowest BCUT2D eigenvalue weighted by molar-refractivity contribution is -0.150. The number of carbonyl (C=O) groups is 3. The number of amides is 1. The van der Waals surface area contributed by atoms with Crippen LogP contribution in [0.5, 0.6) is 0 Å². The summed E-state index contributed by atoms with van der Waals surface area (Å²) < 4.78 is 11.3. The molecule has 258 valence electrons. The van der Waals surface area contributed by atoms with E-state index in [9.17, 15) is 14.4 Å². The van der Waals surface area contributed by atoms with E-state index in [0.29, 0.717) is 18.7 Å². The second-order valence-electron chi connectivity index (χ2n) is 11.9. The molecule has 0 rings (SSSR count). The second-order valence-corrected chi connectivity index (χ2v) is 12.9. The van der Waals surface area contributed by atoms with E-state index in [1.807, 2.05) is 6.08 Å². The van der Waals surface area contributed by atoms with Crippen LogP contribution in [-0.4, -0.2) is 66.7 Å². The molecule has 0 aromatic rings. The van der Waals surface area contributed by atoms with Gasteiger partial charge in [-0.1, -0.05) is 122 Å². The summed E-state index contributed by atoms with van der Waals surface area (Å²) in [7, 11) is 0. The summed E-state index contributed by atoms with van der Waals surface area (Å²) in [6.45, 7) is 11.0. The number of unbranched alkanes of at least 4 members (excludes halogenated alkanes) is 12. The van der Waals surface area contributed by atoms with Crippen LogP contribution < -0.4 is 5.32 Å². The van der Waals surface area contributed by atoms with Crippen LogP contribution in [0.1, 0.15) is 156 Å². The first-order valence-corrected chi connectivity index (χ1v) is 19.1. The third-order valence-electron chi connectivity index (χ3n) is 7.65. The summed E-state index contributed by atoms with van der Waals surface area (Å²) in [5.41, 5.74) is 0. The average molecular weight is 641 g/mol. The molecular weight excluding hydrogens is 572 g/mol. The van der Waals surface area contributed by atoms with Gasteiger partial charge in [-0.15, -0.1) is 0 Å². The Labute approximate surface area is 275 Å². The molecule has 7 nitrogen and oxygen atoms in total. The van der Waals surface area contributed by atoms with Gasteiger partial charge >= 0.3 is 11.9 Å². The smallest absolute Gasteiger partial charge is 0.325 e. The van der Waals surface area contributed by atoms with Crippen molar-refractivity contribution in [2.75, 3.05) is 38.5 Å². The zero-order valence-electron chi connectivity index (χ0n) is 29.0. The van der Waals surface area contributed by atoms with E-state index in [2.05, 4.69) is 39.1 Å². The second kappa shape index (κ2) is 32.8. The molecule has 1 N–H and O–H groups in total. The maximum Gasteiger partial charge on any atom is 0.325 e. The number of esters is 2. The molecule has 44 heavy (non-hydrogen) atoms. The highest BCUT2D eigenvalue weighted by Crippen LogP contribution is 2.18. The Hall–Kier alpha value is -1.54. The highest BCUT2D eigenvalue weighted by Gasteiger charge is 2.21. The van der Waals surface area contributed by atoms with Gasteiger partial charge in [0, 0.05) is 18.7 Å². The third-order valence-corrected chi connectivity index (χ3v) is 8.65. The molecule has 0 aromatic carbocycles. The topological polar surface area (TPSA) is 84.9 Å². The fraction of sp³-hybridized carbons (Fsp3) is 0.861. The largest absolute Gasteiger partial charge is 0.461 e. The minimum absolute atomic E-state index is 0.0724. The molecular formula is C36H68N2O5S. The van der Waals surface area contributed by atoms with Gasteiger partial charge in [0.15, 0.2) is 0 Å². The minimum atomic E-state index is -0.342. The summed E-state index contributed by atoms with van der Waals surface area (Å²) in [6, 6.07) is 0. The number of ether oxygens (including phenoxy) is 2. The Bertz CT molecular complexity index is 705. The predicted octanol–water partition coefficient (Wildman–Crippen LogP) is 9.62. The van der Waals surface area contributed by atoms with Crippen LogP contribution in [0.3, 0.4) is 0 Å². The van der Waals surface area contributed by atoms with Crippen LogP contribution in [-0.2, 0) is 19.1 Å². The molecule has 1 amide bonds. The van der Waals surface area contributed by atoms with Crippen LogP contribution in [0, 0.1) is 0 Å². The van der Waals surface area contributed by atoms with Crippen LogP contribution in [0.2, 0.25) is 0 Å². The Kier molecular flexibility index (Phi) is 31.7. The molecule has 0 aromatic heterocycles. The number of carbonyl (C=O) groups excluding carboxylic acids is 3.